The Morgan fingerprint density at radius 2 is 1.57 bits per heavy atom. The maximum atomic E-state index is 13.7. The van der Waals surface area contributed by atoms with E-state index < -0.39 is 59.8 Å². The van der Waals surface area contributed by atoms with Gasteiger partial charge < -0.3 is 43.2 Å². The number of nitrogens with two attached hydrogens (primary N) is 3. The van der Waals surface area contributed by atoms with E-state index in [4.69, 9.17) is 17.2 Å². The van der Waals surface area contributed by atoms with E-state index in [9.17, 15) is 29.1 Å². The van der Waals surface area contributed by atoms with Gasteiger partial charge in [0.15, 0.2) is 5.96 Å². The zero-order valence-corrected chi connectivity index (χ0v) is 26.0. The van der Waals surface area contributed by atoms with Crippen molar-refractivity contribution in [2.75, 3.05) is 13.1 Å². The van der Waals surface area contributed by atoms with Gasteiger partial charge in [-0.2, -0.15) is 0 Å². The van der Waals surface area contributed by atoms with Crippen molar-refractivity contribution in [2.45, 2.75) is 90.0 Å². The minimum atomic E-state index is -1.21. The summed E-state index contributed by atoms with van der Waals surface area (Å²) in [4.78, 5) is 70.2. The molecule has 0 aliphatic carbocycles. The van der Waals surface area contributed by atoms with Crippen molar-refractivity contribution < 1.29 is 29.1 Å². The lowest BCUT2D eigenvalue weighted by molar-refractivity contribution is -0.145. The van der Waals surface area contributed by atoms with Crippen LogP contribution in [0.3, 0.4) is 0 Å². The number of hydrogen-bond donors (Lipinski definition) is 7. The number of hydrogen-bond acceptors (Lipinski definition) is 7. The normalized spacial score (nSPS) is 17.3. The topological polar surface area (TPSA) is 235 Å². The summed E-state index contributed by atoms with van der Waals surface area (Å²) >= 11 is 0. The Hall–Kier alpha value is -4.20. The van der Waals surface area contributed by atoms with Crippen LogP contribution in [0.25, 0.3) is 0 Å². The van der Waals surface area contributed by atoms with Crippen molar-refractivity contribution in [1.29, 1.82) is 0 Å². The minimum absolute atomic E-state index is 0.0977. The molecule has 1 aromatic rings. The van der Waals surface area contributed by atoms with Crippen molar-refractivity contribution in [3.8, 4) is 0 Å². The first-order chi connectivity index (χ1) is 20.7. The molecule has 14 nitrogen and oxygen atoms in total. The number of likely N-dealkylation sites (tertiary alicyclic amines) is 1. The number of carbonyl (C=O) groups is 5. The molecule has 2 rings (SSSR count). The molecule has 0 saturated carbocycles. The number of rotatable bonds is 16. The van der Waals surface area contributed by atoms with Crippen molar-refractivity contribution in [3.05, 3.63) is 35.9 Å². The molecule has 1 aliphatic rings. The van der Waals surface area contributed by atoms with E-state index in [1.165, 1.54) is 4.90 Å². The number of aliphatic carboxylic acids is 1. The average molecular weight is 617 g/mol. The molecular weight excluding hydrogens is 568 g/mol. The summed E-state index contributed by atoms with van der Waals surface area (Å²) in [7, 11) is 0. The fourth-order valence-corrected chi connectivity index (χ4v) is 5.02. The third-order valence-electron chi connectivity index (χ3n) is 7.51. The number of carboxylic acids is 1. The number of nitrogens with zero attached hydrogens (tertiary/aromatic N) is 2. The van der Waals surface area contributed by atoms with E-state index >= 15 is 0 Å². The third kappa shape index (κ3) is 10.8. The molecule has 14 heteroatoms. The Morgan fingerprint density at radius 3 is 2.14 bits per heavy atom. The highest BCUT2D eigenvalue weighted by Crippen LogP contribution is 2.21. The molecule has 1 saturated heterocycles. The zero-order chi connectivity index (χ0) is 33.0. The molecule has 0 aromatic heterocycles. The predicted molar refractivity (Wildman–Crippen MR) is 166 cm³/mol. The first-order valence-corrected chi connectivity index (χ1v) is 15.0. The lowest BCUT2D eigenvalue weighted by Crippen LogP contribution is -2.60. The van der Waals surface area contributed by atoms with Gasteiger partial charge in [-0.25, -0.2) is 4.79 Å². The lowest BCUT2D eigenvalue weighted by atomic mass is 9.98. The quantitative estimate of drug-likeness (QED) is 0.0716. The van der Waals surface area contributed by atoms with Crippen LogP contribution in [0.1, 0.15) is 58.9 Å². The summed E-state index contributed by atoms with van der Waals surface area (Å²) in [6.45, 7) is 7.57. The van der Waals surface area contributed by atoms with Crippen LogP contribution in [-0.2, 0) is 30.4 Å². The molecule has 244 valence electrons. The molecule has 0 spiro atoms. The average Bonchev–Trinajstić information content (AvgIpc) is 3.45. The maximum absolute atomic E-state index is 13.7. The molecule has 1 aromatic carbocycles. The van der Waals surface area contributed by atoms with E-state index in [1.807, 2.05) is 30.3 Å². The lowest BCUT2D eigenvalue weighted by Gasteiger charge is -2.32. The van der Waals surface area contributed by atoms with Gasteiger partial charge in [0.05, 0.1) is 6.04 Å². The first kappa shape index (κ1) is 36.0. The molecule has 1 aliphatic heterocycles. The Balaban J connectivity index is 2.09. The maximum Gasteiger partial charge on any atom is 0.326 e. The van der Waals surface area contributed by atoms with E-state index in [-0.39, 0.29) is 37.3 Å². The fraction of sp³-hybridized carbons (Fsp3) is 0.600. The molecule has 1 heterocycles. The molecule has 0 unspecified atom stereocenters. The first-order valence-electron chi connectivity index (χ1n) is 15.0. The van der Waals surface area contributed by atoms with Gasteiger partial charge >= 0.3 is 5.97 Å². The smallest absolute Gasteiger partial charge is 0.326 e. The second-order valence-electron chi connectivity index (χ2n) is 11.8. The SMILES string of the molecule is CC(C)[C@H](NC(=O)[C@@H](N)Cc1ccccc1)C(=O)N[C@H](C(=O)N1CCC[C@H]1C(=O)N[C@@H](CCCN=C(N)N)C(=O)O)C(C)C. The minimum Gasteiger partial charge on any atom is -0.480 e. The molecule has 44 heavy (non-hydrogen) atoms. The van der Waals surface area contributed by atoms with Crippen LogP contribution in [0, 0.1) is 11.8 Å². The monoisotopic (exact) mass is 616 g/mol. The molecular formula is C30H48N8O6. The summed E-state index contributed by atoms with van der Waals surface area (Å²) in [5, 5.41) is 17.7. The van der Waals surface area contributed by atoms with E-state index in [1.54, 1.807) is 27.7 Å². The van der Waals surface area contributed by atoms with Crippen LogP contribution in [-0.4, -0.2) is 88.9 Å². The standard InChI is InChI=1S/C30H48N8O6/c1-17(2)23(36-25(39)20(31)16-19-10-6-5-7-11-19)27(41)37-24(18(3)4)28(42)38-15-9-13-22(38)26(40)35-21(29(43)44)12-8-14-34-30(32)33/h5-7,10-11,17-18,20-24H,8-9,12-16,31H2,1-4H3,(H,35,40)(H,36,39)(H,37,41)(H,43,44)(H4,32,33,34)/t20-,21-,22-,23-,24-/m0/s1. The number of carboxylic acid groups (broad SMARTS) is 1. The van der Waals surface area contributed by atoms with E-state index in [0.29, 0.717) is 25.7 Å². The highest BCUT2D eigenvalue weighted by Gasteiger charge is 2.40. The molecule has 10 N–H and O–H groups in total. The van der Waals surface area contributed by atoms with Gasteiger partial charge in [0.1, 0.15) is 24.2 Å². The molecule has 0 radical (unpaired) electrons. The largest absolute Gasteiger partial charge is 0.480 e. The van der Waals surface area contributed by atoms with Crippen LogP contribution in [0.2, 0.25) is 0 Å². The van der Waals surface area contributed by atoms with E-state index in [2.05, 4.69) is 20.9 Å². The molecule has 0 bridgehead atoms. The zero-order valence-electron chi connectivity index (χ0n) is 26.0. The number of aliphatic imine (C=N–C) groups is 1. The van der Waals surface area contributed by atoms with Crippen LogP contribution >= 0.6 is 0 Å². The highest BCUT2D eigenvalue weighted by molar-refractivity contribution is 5.96. The van der Waals surface area contributed by atoms with Crippen molar-refractivity contribution >= 4 is 35.6 Å². The van der Waals surface area contributed by atoms with Gasteiger partial charge in [-0.3, -0.25) is 24.2 Å². The Kier molecular flexibility index (Phi) is 14.1. The number of guanidine groups is 1. The summed E-state index contributed by atoms with van der Waals surface area (Å²) in [5.74, 6) is -4.05. The molecule has 1 fully saturated rings. The van der Waals surface area contributed by atoms with Crippen LogP contribution in [0.15, 0.2) is 35.3 Å². The molecule has 4 amide bonds. The summed E-state index contributed by atoms with van der Waals surface area (Å²) in [6.07, 6.45) is 1.61. The Morgan fingerprint density at radius 1 is 0.955 bits per heavy atom. The van der Waals surface area contributed by atoms with Gasteiger partial charge in [-0.1, -0.05) is 58.0 Å². The predicted octanol–water partition coefficient (Wildman–Crippen LogP) is -0.548. The number of benzene rings is 1. The number of carbonyl (C=O) groups excluding carboxylic acids is 4. The second-order valence-corrected chi connectivity index (χ2v) is 11.8. The third-order valence-corrected chi connectivity index (χ3v) is 7.51. The van der Waals surface area contributed by atoms with Gasteiger partial charge in [-0.15, -0.1) is 0 Å². The Labute approximate surface area is 258 Å². The van der Waals surface area contributed by atoms with Crippen molar-refractivity contribution in [1.82, 2.24) is 20.9 Å². The van der Waals surface area contributed by atoms with Gasteiger partial charge in [0.25, 0.3) is 0 Å². The highest BCUT2D eigenvalue weighted by atomic mass is 16.4. The fourth-order valence-electron chi connectivity index (χ4n) is 5.02. The Bertz CT molecular complexity index is 1170. The van der Waals surface area contributed by atoms with Gasteiger partial charge in [0.2, 0.25) is 23.6 Å². The van der Waals surface area contributed by atoms with Crippen LogP contribution in [0.5, 0.6) is 0 Å². The number of nitrogens with one attached hydrogen (secondary N) is 3. The number of amides is 4. The van der Waals surface area contributed by atoms with E-state index in [0.717, 1.165) is 5.56 Å². The molecule has 5 atom stereocenters. The van der Waals surface area contributed by atoms with Crippen molar-refractivity contribution in [3.63, 3.8) is 0 Å². The summed E-state index contributed by atoms with van der Waals surface area (Å²) < 4.78 is 0. The summed E-state index contributed by atoms with van der Waals surface area (Å²) in [6, 6.07) is 4.40. The van der Waals surface area contributed by atoms with Crippen molar-refractivity contribution in [2.24, 2.45) is 34.0 Å². The van der Waals surface area contributed by atoms with Gasteiger partial charge in [0, 0.05) is 13.1 Å². The van der Waals surface area contributed by atoms with Crippen LogP contribution < -0.4 is 33.2 Å². The summed E-state index contributed by atoms with van der Waals surface area (Å²) in [5.41, 5.74) is 17.6. The van der Waals surface area contributed by atoms with Crippen LogP contribution in [0.4, 0.5) is 0 Å². The second kappa shape index (κ2) is 17.2. The van der Waals surface area contributed by atoms with Gasteiger partial charge in [-0.05, 0) is 49.5 Å².